The molecule has 0 spiro atoms. The van der Waals surface area contributed by atoms with E-state index in [9.17, 15) is 4.79 Å². The summed E-state index contributed by atoms with van der Waals surface area (Å²) >= 11 is 2.21. The van der Waals surface area contributed by atoms with Crippen molar-refractivity contribution in [2.24, 2.45) is 5.92 Å². The zero-order chi connectivity index (χ0) is 9.72. The van der Waals surface area contributed by atoms with Crippen molar-refractivity contribution in [1.82, 2.24) is 8.01 Å². The van der Waals surface area contributed by atoms with Gasteiger partial charge in [0.15, 0.2) is 0 Å². The van der Waals surface area contributed by atoms with Crippen molar-refractivity contribution in [3.05, 3.63) is 0 Å². The molecule has 0 aromatic rings. The maximum atomic E-state index is 11.4. The number of nitrogens with zero attached hydrogens (tertiary/aromatic N) is 2. The monoisotopic (exact) mass is 284 g/mol. The average molecular weight is 284 g/mol. The maximum absolute atomic E-state index is 11.4. The molecule has 0 heterocycles. The number of carbonyl (C=O) groups is 1. The molecule has 0 radical (unpaired) electrons. The first-order chi connectivity index (χ1) is 5.45. The largest absolute Gasteiger partial charge is 0.344 e. The van der Waals surface area contributed by atoms with Crippen LogP contribution >= 0.6 is 22.9 Å². The molecule has 1 amide bonds. The molecule has 0 saturated heterocycles. The van der Waals surface area contributed by atoms with Crippen LogP contribution < -0.4 is 0 Å². The van der Waals surface area contributed by atoms with Crippen LogP contribution in [0.4, 0.5) is 0 Å². The molecule has 0 aliphatic carbocycles. The van der Waals surface area contributed by atoms with Gasteiger partial charge in [-0.15, -0.1) is 0 Å². The van der Waals surface area contributed by atoms with E-state index in [1.165, 1.54) is 0 Å². The summed E-state index contributed by atoms with van der Waals surface area (Å²) in [7, 11) is 3.84. The summed E-state index contributed by atoms with van der Waals surface area (Å²) in [6.45, 7) is 5.56. The third-order valence-electron chi connectivity index (χ3n) is 1.61. The van der Waals surface area contributed by atoms with Gasteiger partial charge in [0.25, 0.3) is 0 Å². The molecule has 0 aliphatic heterocycles. The van der Waals surface area contributed by atoms with E-state index in [2.05, 4.69) is 22.9 Å². The van der Waals surface area contributed by atoms with Gasteiger partial charge in [0.05, 0.1) is 0 Å². The van der Waals surface area contributed by atoms with E-state index in [4.69, 9.17) is 0 Å². The Bertz CT molecular complexity index is 148. The van der Waals surface area contributed by atoms with Crippen molar-refractivity contribution in [3.8, 4) is 0 Å². The summed E-state index contributed by atoms with van der Waals surface area (Å²) in [5.41, 5.74) is 0. The molecule has 0 bridgehead atoms. The van der Waals surface area contributed by atoms with E-state index in [0.29, 0.717) is 0 Å². The van der Waals surface area contributed by atoms with Gasteiger partial charge >= 0.3 is 0 Å². The number of amides is 1. The van der Waals surface area contributed by atoms with Gasteiger partial charge < -0.3 is 4.90 Å². The van der Waals surface area contributed by atoms with Gasteiger partial charge in [-0.25, -0.2) is 3.11 Å². The molecule has 0 fully saturated rings. The fourth-order valence-electron chi connectivity index (χ4n) is 0.839. The predicted molar refractivity (Wildman–Crippen MR) is 59.1 cm³/mol. The third-order valence-corrected chi connectivity index (χ3v) is 2.10. The number of hydrogen-bond acceptors (Lipinski definition) is 2. The first-order valence-corrected chi connectivity index (χ1v) is 5.03. The van der Waals surface area contributed by atoms with Crippen molar-refractivity contribution >= 4 is 28.8 Å². The molecule has 0 rings (SSSR count). The Balaban J connectivity index is 3.72. The molecule has 0 aromatic heterocycles. The summed E-state index contributed by atoms with van der Waals surface area (Å²) in [6.07, 6.45) is 0. The fraction of sp³-hybridized carbons (Fsp3) is 0.875. The zero-order valence-corrected chi connectivity index (χ0v) is 10.3. The molecule has 0 atom stereocenters. The predicted octanol–water partition coefficient (Wildman–Crippen LogP) is 1.38. The lowest BCUT2D eigenvalue weighted by atomic mass is 10.2. The Morgan fingerprint density at radius 2 is 1.83 bits per heavy atom. The lowest BCUT2D eigenvalue weighted by molar-refractivity contribution is -0.133. The highest BCUT2D eigenvalue weighted by molar-refractivity contribution is 14.1. The van der Waals surface area contributed by atoms with Crippen LogP contribution in [0.15, 0.2) is 0 Å². The minimum absolute atomic E-state index is 0.106. The van der Waals surface area contributed by atoms with E-state index >= 15 is 0 Å². The molecule has 0 N–H and O–H groups in total. The Hall–Kier alpha value is 0.160. The van der Waals surface area contributed by atoms with E-state index in [0.717, 1.165) is 13.1 Å². The van der Waals surface area contributed by atoms with Crippen LogP contribution in [0.2, 0.25) is 0 Å². The number of halogens is 1. The Morgan fingerprint density at radius 3 is 2.17 bits per heavy atom. The number of likely N-dealkylation sites (N-methyl/N-ethyl adjacent to an activating group) is 2. The quantitative estimate of drug-likeness (QED) is 0.575. The van der Waals surface area contributed by atoms with Crippen molar-refractivity contribution in [2.75, 3.05) is 27.2 Å². The number of hydrogen-bond donors (Lipinski definition) is 0. The summed E-state index contributed by atoms with van der Waals surface area (Å²) in [5, 5.41) is 0. The second-order valence-corrected chi connectivity index (χ2v) is 4.89. The van der Waals surface area contributed by atoms with Crippen LogP contribution in [0.1, 0.15) is 13.8 Å². The molecule has 0 unspecified atom stereocenters. The van der Waals surface area contributed by atoms with Crippen LogP contribution in [0.25, 0.3) is 0 Å². The normalized spacial score (nSPS) is 10.9. The van der Waals surface area contributed by atoms with Gasteiger partial charge in [-0.3, -0.25) is 4.79 Å². The highest BCUT2D eigenvalue weighted by Crippen LogP contribution is 1.99. The molecule has 12 heavy (non-hydrogen) atoms. The standard InChI is InChI=1S/C8H17IN2O/c1-7(2)8(12)10(3)5-6-11(4)9/h7H,5-6H2,1-4H3. The molecule has 0 aliphatic rings. The smallest absolute Gasteiger partial charge is 0.224 e. The summed E-state index contributed by atoms with van der Waals surface area (Å²) in [4.78, 5) is 13.1. The van der Waals surface area contributed by atoms with Gasteiger partial charge in [0, 0.05) is 48.9 Å². The van der Waals surface area contributed by atoms with Gasteiger partial charge in [-0.1, -0.05) is 13.8 Å². The summed E-state index contributed by atoms with van der Waals surface area (Å²) in [5.74, 6) is 0.322. The zero-order valence-electron chi connectivity index (χ0n) is 8.17. The van der Waals surface area contributed by atoms with E-state index < -0.39 is 0 Å². The summed E-state index contributed by atoms with van der Waals surface area (Å²) < 4.78 is 2.04. The lowest BCUT2D eigenvalue weighted by Gasteiger charge is -2.20. The minimum Gasteiger partial charge on any atom is -0.344 e. The van der Waals surface area contributed by atoms with E-state index in [1.807, 2.05) is 31.1 Å². The Kier molecular flexibility index (Phi) is 5.82. The number of rotatable bonds is 4. The lowest BCUT2D eigenvalue weighted by Crippen LogP contribution is -2.34. The van der Waals surface area contributed by atoms with Crippen LogP contribution in [-0.4, -0.2) is 41.1 Å². The molecule has 3 nitrogen and oxygen atoms in total. The highest BCUT2D eigenvalue weighted by Gasteiger charge is 2.12. The number of carbonyl (C=O) groups excluding carboxylic acids is 1. The van der Waals surface area contributed by atoms with Crippen molar-refractivity contribution in [2.45, 2.75) is 13.8 Å². The van der Waals surface area contributed by atoms with E-state index in [-0.39, 0.29) is 11.8 Å². The Labute approximate surface area is 88.6 Å². The SMILES string of the molecule is CC(C)C(=O)N(C)CCN(C)I. The van der Waals surface area contributed by atoms with Crippen LogP contribution in [0.3, 0.4) is 0 Å². The van der Waals surface area contributed by atoms with Crippen molar-refractivity contribution < 1.29 is 4.79 Å². The van der Waals surface area contributed by atoms with Gasteiger partial charge in [0.2, 0.25) is 5.91 Å². The summed E-state index contributed by atoms with van der Waals surface area (Å²) in [6, 6.07) is 0. The molecule has 0 saturated carbocycles. The van der Waals surface area contributed by atoms with Crippen molar-refractivity contribution in [1.29, 1.82) is 0 Å². The van der Waals surface area contributed by atoms with Gasteiger partial charge in [-0.2, -0.15) is 0 Å². The first-order valence-electron chi connectivity index (χ1n) is 4.07. The highest BCUT2D eigenvalue weighted by atomic mass is 127. The van der Waals surface area contributed by atoms with Gasteiger partial charge in [0.1, 0.15) is 0 Å². The minimum atomic E-state index is 0.106. The molecular formula is C8H17IN2O. The second kappa shape index (κ2) is 5.75. The average Bonchev–Trinajstić information content (AvgIpc) is 1.98. The fourth-order valence-corrected chi connectivity index (χ4v) is 1.05. The Morgan fingerprint density at radius 1 is 1.33 bits per heavy atom. The van der Waals surface area contributed by atoms with Gasteiger partial charge in [-0.05, 0) is 7.05 Å². The molecular weight excluding hydrogens is 267 g/mol. The third kappa shape index (κ3) is 4.92. The van der Waals surface area contributed by atoms with Crippen LogP contribution in [0, 0.1) is 5.92 Å². The molecule has 0 aromatic carbocycles. The maximum Gasteiger partial charge on any atom is 0.224 e. The first kappa shape index (κ1) is 12.2. The molecule has 4 heteroatoms. The van der Waals surface area contributed by atoms with Crippen LogP contribution in [-0.2, 0) is 4.79 Å². The molecule has 72 valence electrons. The van der Waals surface area contributed by atoms with Crippen molar-refractivity contribution in [3.63, 3.8) is 0 Å². The van der Waals surface area contributed by atoms with E-state index in [1.54, 1.807) is 4.90 Å². The topological polar surface area (TPSA) is 23.6 Å². The van der Waals surface area contributed by atoms with Crippen LogP contribution in [0.5, 0.6) is 0 Å². The second-order valence-electron chi connectivity index (χ2n) is 3.24.